The second-order valence-electron chi connectivity index (χ2n) is 3.89. The molecule has 1 unspecified atom stereocenters. The van der Waals surface area contributed by atoms with Crippen molar-refractivity contribution in [3.63, 3.8) is 0 Å². The predicted octanol–water partition coefficient (Wildman–Crippen LogP) is 0.0534. The fourth-order valence-corrected chi connectivity index (χ4v) is 1.36. The normalized spacial score (nSPS) is 14.2. The number of aliphatic hydroxyl groups is 1. The lowest BCUT2D eigenvalue weighted by molar-refractivity contribution is -0.123. The van der Waals surface area contributed by atoms with E-state index in [1.54, 1.807) is 6.92 Å². The minimum Gasteiger partial charge on any atom is -0.394 e. The number of hydrogen-bond donors (Lipinski definition) is 3. The van der Waals surface area contributed by atoms with Gasteiger partial charge in [-0.15, -0.1) is 0 Å². The molecule has 0 bridgehead atoms. The topological polar surface area (TPSA) is 75.3 Å². The predicted molar refractivity (Wildman–Crippen MR) is 62.8 cm³/mol. The lowest BCUT2D eigenvalue weighted by Crippen LogP contribution is -2.46. The molecular formula is C12H18N2O2. The highest BCUT2D eigenvalue weighted by Crippen LogP contribution is 2.01. The summed E-state index contributed by atoms with van der Waals surface area (Å²) in [5.41, 5.74) is 6.79. The maximum absolute atomic E-state index is 11.6. The van der Waals surface area contributed by atoms with Gasteiger partial charge in [-0.05, 0) is 18.9 Å². The van der Waals surface area contributed by atoms with Crippen molar-refractivity contribution in [2.45, 2.75) is 25.4 Å². The van der Waals surface area contributed by atoms with Crippen LogP contribution in [0.3, 0.4) is 0 Å². The van der Waals surface area contributed by atoms with Crippen LogP contribution in [0.4, 0.5) is 0 Å². The second kappa shape index (κ2) is 6.25. The van der Waals surface area contributed by atoms with Crippen LogP contribution >= 0.6 is 0 Å². The lowest BCUT2D eigenvalue weighted by atomic mass is 10.1. The van der Waals surface area contributed by atoms with Crippen LogP contribution in [0, 0.1) is 0 Å². The van der Waals surface area contributed by atoms with Crippen molar-refractivity contribution in [3.05, 3.63) is 35.9 Å². The van der Waals surface area contributed by atoms with Crippen molar-refractivity contribution in [1.82, 2.24) is 5.32 Å². The van der Waals surface area contributed by atoms with E-state index in [-0.39, 0.29) is 18.6 Å². The first-order valence-corrected chi connectivity index (χ1v) is 5.34. The van der Waals surface area contributed by atoms with Crippen LogP contribution in [-0.2, 0) is 11.2 Å². The Balaban J connectivity index is 2.46. The molecule has 0 aliphatic carbocycles. The fraction of sp³-hybridized carbons (Fsp3) is 0.417. The molecule has 0 aliphatic heterocycles. The Morgan fingerprint density at radius 3 is 2.62 bits per heavy atom. The Labute approximate surface area is 95.5 Å². The fourth-order valence-electron chi connectivity index (χ4n) is 1.36. The van der Waals surface area contributed by atoms with Crippen molar-refractivity contribution in [2.75, 3.05) is 6.61 Å². The molecule has 4 heteroatoms. The highest BCUT2D eigenvalue weighted by molar-refractivity contribution is 5.82. The van der Waals surface area contributed by atoms with Crippen LogP contribution in [0.25, 0.3) is 0 Å². The molecule has 1 aromatic carbocycles. The van der Waals surface area contributed by atoms with Gasteiger partial charge in [-0.2, -0.15) is 0 Å². The largest absolute Gasteiger partial charge is 0.394 e. The third-order valence-corrected chi connectivity index (χ3v) is 2.30. The summed E-state index contributed by atoms with van der Waals surface area (Å²) in [4.78, 5) is 11.6. The first-order valence-electron chi connectivity index (χ1n) is 5.34. The van der Waals surface area contributed by atoms with Gasteiger partial charge in [-0.3, -0.25) is 4.79 Å². The van der Waals surface area contributed by atoms with Gasteiger partial charge in [0.2, 0.25) is 5.91 Å². The Bertz CT molecular complexity index is 327. The first-order chi connectivity index (χ1) is 7.63. The minimum atomic E-state index is -0.573. The summed E-state index contributed by atoms with van der Waals surface area (Å²) in [6.45, 7) is 1.65. The first kappa shape index (κ1) is 12.7. The molecule has 0 aliphatic rings. The molecule has 4 N–H and O–H groups in total. The zero-order valence-corrected chi connectivity index (χ0v) is 9.39. The number of carbonyl (C=O) groups is 1. The standard InChI is InChI=1S/C12H18N2O2/c1-9(8-15)14-12(16)11(13)7-10-5-3-2-4-6-10/h2-6,9,11,15H,7-8,13H2,1H3,(H,14,16)/t9-,11?/m1/s1. The van der Waals surface area contributed by atoms with Crippen molar-refractivity contribution in [3.8, 4) is 0 Å². The smallest absolute Gasteiger partial charge is 0.237 e. The Morgan fingerprint density at radius 1 is 1.44 bits per heavy atom. The Kier molecular flexibility index (Phi) is 4.95. The van der Waals surface area contributed by atoms with Crippen LogP contribution in [0.15, 0.2) is 30.3 Å². The third-order valence-electron chi connectivity index (χ3n) is 2.30. The van der Waals surface area contributed by atoms with E-state index < -0.39 is 6.04 Å². The van der Waals surface area contributed by atoms with Gasteiger partial charge in [0, 0.05) is 6.04 Å². The van der Waals surface area contributed by atoms with Crippen molar-refractivity contribution in [2.24, 2.45) is 5.73 Å². The van der Waals surface area contributed by atoms with Gasteiger partial charge in [0.15, 0.2) is 0 Å². The molecule has 1 aromatic rings. The van der Waals surface area contributed by atoms with E-state index in [9.17, 15) is 4.79 Å². The van der Waals surface area contributed by atoms with E-state index in [2.05, 4.69) is 5.32 Å². The zero-order chi connectivity index (χ0) is 12.0. The molecule has 16 heavy (non-hydrogen) atoms. The van der Waals surface area contributed by atoms with Gasteiger partial charge < -0.3 is 16.2 Å². The molecule has 0 aromatic heterocycles. The number of benzene rings is 1. The third kappa shape index (κ3) is 4.00. The maximum atomic E-state index is 11.6. The highest BCUT2D eigenvalue weighted by atomic mass is 16.3. The molecule has 0 fully saturated rings. The average molecular weight is 222 g/mol. The summed E-state index contributed by atoms with van der Waals surface area (Å²) in [6.07, 6.45) is 0.505. The molecule has 0 saturated carbocycles. The number of aliphatic hydroxyl groups excluding tert-OH is 1. The van der Waals surface area contributed by atoms with Gasteiger partial charge in [0.05, 0.1) is 12.6 Å². The summed E-state index contributed by atoms with van der Waals surface area (Å²) in [7, 11) is 0. The molecule has 1 amide bonds. The molecule has 0 spiro atoms. The summed E-state index contributed by atoms with van der Waals surface area (Å²) >= 11 is 0. The zero-order valence-electron chi connectivity index (χ0n) is 9.39. The highest BCUT2D eigenvalue weighted by Gasteiger charge is 2.15. The second-order valence-corrected chi connectivity index (χ2v) is 3.89. The molecule has 88 valence electrons. The Hall–Kier alpha value is -1.39. The number of amides is 1. The number of nitrogens with one attached hydrogen (secondary N) is 1. The van der Waals surface area contributed by atoms with E-state index in [0.29, 0.717) is 6.42 Å². The van der Waals surface area contributed by atoms with E-state index in [1.165, 1.54) is 0 Å². The molecule has 2 atom stereocenters. The quantitative estimate of drug-likeness (QED) is 0.659. The molecule has 1 rings (SSSR count). The molecule has 0 saturated heterocycles. The van der Waals surface area contributed by atoms with Crippen molar-refractivity contribution >= 4 is 5.91 Å². The monoisotopic (exact) mass is 222 g/mol. The summed E-state index contributed by atoms with van der Waals surface area (Å²) in [6, 6.07) is 8.78. The van der Waals surface area contributed by atoms with E-state index in [1.807, 2.05) is 30.3 Å². The van der Waals surface area contributed by atoms with Crippen molar-refractivity contribution in [1.29, 1.82) is 0 Å². The van der Waals surface area contributed by atoms with E-state index in [0.717, 1.165) is 5.56 Å². The lowest BCUT2D eigenvalue weighted by Gasteiger charge is -2.15. The number of rotatable bonds is 5. The van der Waals surface area contributed by atoms with Crippen LogP contribution in [0.1, 0.15) is 12.5 Å². The number of nitrogens with two attached hydrogens (primary N) is 1. The van der Waals surface area contributed by atoms with Gasteiger partial charge >= 0.3 is 0 Å². The molecule has 0 radical (unpaired) electrons. The van der Waals surface area contributed by atoms with Crippen LogP contribution in [0.5, 0.6) is 0 Å². The molecular weight excluding hydrogens is 204 g/mol. The van der Waals surface area contributed by atoms with Gasteiger partial charge in [0.25, 0.3) is 0 Å². The van der Waals surface area contributed by atoms with Gasteiger partial charge in [0.1, 0.15) is 0 Å². The van der Waals surface area contributed by atoms with Crippen LogP contribution < -0.4 is 11.1 Å². The van der Waals surface area contributed by atoms with E-state index >= 15 is 0 Å². The summed E-state index contributed by atoms with van der Waals surface area (Å²) < 4.78 is 0. The van der Waals surface area contributed by atoms with Crippen LogP contribution in [-0.4, -0.2) is 29.7 Å². The molecule has 4 nitrogen and oxygen atoms in total. The summed E-state index contributed by atoms with van der Waals surface area (Å²) in [5.74, 6) is -0.231. The SMILES string of the molecule is C[C@H](CO)NC(=O)C(N)Cc1ccccc1. The average Bonchev–Trinajstić information content (AvgIpc) is 2.30. The number of carbonyl (C=O) groups excluding carboxylic acids is 1. The number of hydrogen-bond acceptors (Lipinski definition) is 3. The Morgan fingerprint density at radius 2 is 2.06 bits per heavy atom. The van der Waals surface area contributed by atoms with Crippen molar-refractivity contribution < 1.29 is 9.90 Å². The van der Waals surface area contributed by atoms with Gasteiger partial charge in [-0.25, -0.2) is 0 Å². The van der Waals surface area contributed by atoms with Crippen LogP contribution in [0.2, 0.25) is 0 Å². The minimum absolute atomic E-state index is 0.0796. The summed E-state index contributed by atoms with van der Waals surface area (Å²) in [5, 5.41) is 11.4. The molecule has 0 heterocycles. The van der Waals surface area contributed by atoms with E-state index in [4.69, 9.17) is 10.8 Å². The maximum Gasteiger partial charge on any atom is 0.237 e. The van der Waals surface area contributed by atoms with Gasteiger partial charge in [-0.1, -0.05) is 30.3 Å².